The monoisotopic (exact) mass is 397 g/mol. The largest absolute Gasteiger partial charge is 0.497 e. The van der Waals surface area contributed by atoms with Crippen molar-refractivity contribution in [2.45, 2.75) is 12.3 Å². The van der Waals surface area contributed by atoms with Gasteiger partial charge in [-0.15, -0.1) is 11.3 Å². The van der Waals surface area contributed by atoms with Crippen molar-refractivity contribution in [2.24, 2.45) is 0 Å². The third-order valence-electron chi connectivity index (χ3n) is 4.87. The van der Waals surface area contributed by atoms with Crippen LogP contribution < -0.4 is 4.90 Å². The molecule has 1 aliphatic heterocycles. The normalized spacial score (nSPS) is 20.3. The Morgan fingerprint density at radius 1 is 1.11 bits per heavy atom. The molecule has 0 N–H and O–H groups in total. The van der Waals surface area contributed by atoms with Gasteiger partial charge in [0.1, 0.15) is 27.4 Å². The number of ether oxygens (including phenoxy) is 1. The lowest BCUT2D eigenvalue weighted by Gasteiger charge is -2.28. The molecule has 0 spiro atoms. The topological polar surface area (TPSA) is 64.0 Å². The average molecular weight is 398 g/mol. The zero-order chi connectivity index (χ0) is 18.2. The average Bonchev–Trinajstić information content (AvgIpc) is 3.12. The highest BCUT2D eigenvalue weighted by molar-refractivity contribution is 7.99. The van der Waals surface area contributed by atoms with Gasteiger partial charge in [0.2, 0.25) is 0 Å². The van der Waals surface area contributed by atoms with Crippen LogP contribution in [0.1, 0.15) is 18.2 Å². The summed E-state index contributed by atoms with van der Waals surface area (Å²) in [5.74, 6) is 5.09. The van der Waals surface area contributed by atoms with Crippen molar-refractivity contribution in [3.05, 3.63) is 42.2 Å². The number of allylic oxidation sites excluding steroid dienone is 3. The maximum absolute atomic E-state index is 5.42. The fourth-order valence-corrected chi connectivity index (χ4v) is 5.45. The van der Waals surface area contributed by atoms with Crippen molar-refractivity contribution in [2.75, 3.05) is 36.6 Å². The van der Waals surface area contributed by atoms with Crippen LogP contribution in [-0.2, 0) is 4.74 Å². The van der Waals surface area contributed by atoms with E-state index in [1.807, 2.05) is 17.8 Å². The van der Waals surface area contributed by atoms with E-state index in [9.17, 15) is 0 Å². The van der Waals surface area contributed by atoms with Gasteiger partial charge in [-0.1, -0.05) is 6.08 Å². The Labute approximate surface area is 165 Å². The molecular formula is C19H19N5OS2. The smallest absolute Gasteiger partial charge is 0.150 e. The summed E-state index contributed by atoms with van der Waals surface area (Å²) in [5, 5.41) is 0. The first-order valence-corrected chi connectivity index (χ1v) is 11.0. The van der Waals surface area contributed by atoms with E-state index in [0.29, 0.717) is 0 Å². The number of aromatic nitrogens is 4. The molecule has 3 aromatic rings. The molecule has 0 bridgehead atoms. The molecule has 0 saturated carbocycles. The van der Waals surface area contributed by atoms with E-state index >= 15 is 0 Å². The predicted octanol–water partition coefficient (Wildman–Crippen LogP) is 3.76. The number of methoxy groups -OCH3 is 1. The zero-order valence-corrected chi connectivity index (χ0v) is 16.6. The Bertz CT molecular complexity index is 1050. The Balaban J connectivity index is 1.71. The highest BCUT2D eigenvalue weighted by Crippen LogP contribution is 2.38. The summed E-state index contributed by atoms with van der Waals surface area (Å²) >= 11 is 3.64. The first-order valence-electron chi connectivity index (χ1n) is 8.99. The zero-order valence-electron chi connectivity index (χ0n) is 15.0. The van der Waals surface area contributed by atoms with Gasteiger partial charge in [0.25, 0.3) is 0 Å². The number of thioether (sulfide) groups is 1. The van der Waals surface area contributed by atoms with Crippen molar-refractivity contribution < 1.29 is 4.74 Å². The van der Waals surface area contributed by atoms with Gasteiger partial charge in [-0.3, -0.25) is 0 Å². The van der Waals surface area contributed by atoms with E-state index in [-0.39, 0.29) is 5.92 Å². The number of fused-ring (bicyclic) bond motifs is 3. The minimum absolute atomic E-state index is 0.110. The van der Waals surface area contributed by atoms with E-state index in [2.05, 4.69) is 27.0 Å². The molecule has 5 rings (SSSR count). The highest BCUT2D eigenvalue weighted by atomic mass is 32.2. The number of nitrogens with zero attached hydrogens (tertiary/aromatic N) is 5. The van der Waals surface area contributed by atoms with Crippen molar-refractivity contribution in [3.63, 3.8) is 0 Å². The number of thiophene rings is 1. The van der Waals surface area contributed by atoms with Gasteiger partial charge >= 0.3 is 0 Å². The van der Waals surface area contributed by atoms with Crippen molar-refractivity contribution in [3.8, 4) is 0 Å². The Hall–Kier alpha value is -2.19. The van der Waals surface area contributed by atoms with E-state index < -0.39 is 0 Å². The van der Waals surface area contributed by atoms with Crippen molar-refractivity contribution >= 4 is 49.5 Å². The Morgan fingerprint density at radius 3 is 2.81 bits per heavy atom. The fraction of sp³-hybridized carbons (Fsp3) is 0.368. The molecule has 27 heavy (non-hydrogen) atoms. The van der Waals surface area contributed by atoms with E-state index in [1.54, 1.807) is 30.8 Å². The van der Waals surface area contributed by atoms with Crippen molar-refractivity contribution in [1.29, 1.82) is 0 Å². The summed E-state index contributed by atoms with van der Waals surface area (Å²) in [6.45, 7) is 2.02. The van der Waals surface area contributed by atoms with Gasteiger partial charge in [-0.25, -0.2) is 19.9 Å². The molecule has 2 aliphatic rings. The molecule has 0 amide bonds. The van der Waals surface area contributed by atoms with Crippen LogP contribution in [0, 0.1) is 0 Å². The summed E-state index contributed by atoms with van der Waals surface area (Å²) < 4.78 is 6.51. The number of hydrogen-bond donors (Lipinski definition) is 0. The maximum atomic E-state index is 5.42. The lowest BCUT2D eigenvalue weighted by Crippen LogP contribution is -2.33. The number of anilines is 1. The van der Waals surface area contributed by atoms with Gasteiger partial charge in [-0.05, 0) is 18.6 Å². The molecule has 0 aromatic carbocycles. The first-order chi connectivity index (χ1) is 13.3. The maximum Gasteiger partial charge on any atom is 0.150 e. The summed E-state index contributed by atoms with van der Waals surface area (Å²) in [7, 11) is 1.70. The van der Waals surface area contributed by atoms with Gasteiger partial charge in [0, 0.05) is 42.9 Å². The van der Waals surface area contributed by atoms with Gasteiger partial charge in [0.15, 0.2) is 5.82 Å². The summed E-state index contributed by atoms with van der Waals surface area (Å²) in [5.41, 5.74) is 1.79. The van der Waals surface area contributed by atoms with Crippen LogP contribution in [0.15, 0.2) is 36.4 Å². The number of rotatable bonds is 3. The lowest BCUT2D eigenvalue weighted by molar-refractivity contribution is 0.302. The Kier molecular flexibility index (Phi) is 4.45. The van der Waals surface area contributed by atoms with Crippen LogP contribution in [0.4, 0.5) is 5.82 Å². The van der Waals surface area contributed by atoms with E-state index in [0.717, 1.165) is 69.0 Å². The summed E-state index contributed by atoms with van der Waals surface area (Å²) in [4.78, 5) is 22.3. The second-order valence-electron chi connectivity index (χ2n) is 6.51. The van der Waals surface area contributed by atoms with Crippen LogP contribution in [0.2, 0.25) is 0 Å². The molecule has 3 aromatic heterocycles. The minimum atomic E-state index is 0.110. The number of hydrogen-bond acceptors (Lipinski definition) is 8. The van der Waals surface area contributed by atoms with E-state index in [1.165, 1.54) is 0 Å². The molecule has 0 radical (unpaired) electrons. The quantitative estimate of drug-likeness (QED) is 0.667. The Morgan fingerprint density at radius 2 is 1.96 bits per heavy atom. The van der Waals surface area contributed by atoms with Gasteiger partial charge in [-0.2, -0.15) is 11.8 Å². The fourth-order valence-electron chi connectivity index (χ4n) is 3.49. The minimum Gasteiger partial charge on any atom is -0.497 e. The molecule has 1 fully saturated rings. The molecule has 138 valence electrons. The second-order valence-corrected chi connectivity index (χ2v) is 8.74. The van der Waals surface area contributed by atoms with Crippen LogP contribution >= 0.6 is 23.1 Å². The third kappa shape index (κ3) is 3.06. The molecular weight excluding hydrogens is 378 g/mol. The molecule has 1 aliphatic carbocycles. The van der Waals surface area contributed by atoms with E-state index in [4.69, 9.17) is 14.7 Å². The molecule has 4 heterocycles. The standard InChI is InChI=1S/C19H19N5OS2/c1-25-13-4-2-3-12(11-13)17-22-14-15-19(21-6-5-20-15)27-16(14)18(23-17)24-7-9-26-10-8-24/h2,4-6,11-12H,3,7-10H2,1H3. The summed E-state index contributed by atoms with van der Waals surface area (Å²) in [6.07, 6.45) is 10.6. The first kappa shape index (κ1) is 16.9. The predicted molar refractivity (Wildman–Crippen MR) is 112 cm³/mol. The van der Waals surface area contributed by atoms with Crippen LogP contribution in [0.25, 0.3) is 20.6 Å². The summed E-state index contributed by atoms with van der Waals surface area (Å²) in [6, 6.07) is 0. The van der Waals surface area contributed by atoms with Gasteiger partial charge in [0.05, 0.1) is 11.8 Å². The van der Waals surface area contributed by atoms with Crippen molar-refractivity contribution in [1.82, 2.24) is 19.9 Å². The van der Waals surface area contributed by atoms with Crippen LogP contribution in [0.5, 0.6) is 0 Å². The third-order valence-corrected chi connectivity index (χ3v) is 6.88. The van der Waals surface area contributed by atoms with Crippen LogP contribution in [0.3, 0.4) is 0 Å². The molecule has 6 nitrogen and oxygen atoms in total. The second kappa shape index (κ2) is 7.09. The molecule has 1 saturated heterocycles. The SMILES string of the molecule is COC1=CC(c2nc(N3CCSCC3)c3sc4nccnc4c3n2)CC=C1. The highest BCUT2D eigenvalue weighted by Gasteiger charge is 2.24. The van der Waals surface area contributed by atoms with Crippen LogP contribution in [-0.4, -0.2) is 51.6 Å². The molecule has 1 atom stereocenters. The van der Waals surface area contributed by atoms with Gasteiger partial charge < -0.3 is 9.64 Å². The molecule has 8 heteroatoms. The lowest BCUT2D eigenvalue weighted by atomic mass is 9.99. The molecule has 1 unspecified atom stereocenters.